The quantitative estimate of drug-likeness (QED) is 0.291. The van der Waals surface area contributed by atoms with Gasteiger partial charge in [0.1, 0.15) is 12.2 Å². The van der Waals surface area contributed by atoms with E-state index >= 15 is 0 Å². The summed E-state index contributed by atoms with van der Waals surface area (Å²) in [5, 5.41) is 3.20. The Balaban J connectivity index is 1.69. The van der Waals surface area contributed by atoms with Crippen molar-refractivity contribution in [2.45, 2.75) is 20.5 Å². The highest BCUT2D eigenvalue weighted by Gasteiger charge is 2.20. The van der Waals surface area contributed by atoms with Crippen LogP contribution in [0.25, 0.3) is 33.1 Å². The lowest BCUT2D eigenvalue weighted by molar-refractivity contribution is 0.299. The van der Waals surface area contributed by atoms with Gasteiger partial charge in [0.15, 0.2) is 5.76 Å². The molecule has 0 aliphatic heterocycles. The van der Waals surface area contributed by atoms with Gasteiger partial charge in [-0.25, -0.2) is 0 Å². The second-order valence-electron chi connectivity index (χ2n) is 7.93. The lowest BCUT2D eigenvalue weighted by atomic mass is 10.0. The zero-order valence-electron chi connectivity index (χ0n) is 17.8. The molecular weight excluding hydrogens is 420 g/mol. The van der Waals surface area contributed by atoms with Crippen molar-refractivity contribution in [3.63, 3.8) is 0 Å². The van der Waals surface area contributed by atoms with Crippen LogP contribution in [0.2, 0.25) is 5.02 Å². The topological polar surface area (TPSA) is 39.4 Å². The van der Waals surface area contributed by atoms with Crippen LogP contribution in [-0.2, 0) is 6.61 Å². The Morgan fingerprint density at radius 1 is 0.844 bits per heavy atom. The smallest absolute Gasteiger partial charge is 0.235 e. The molecule has 5 rings (SSSR count). The monoisotopic (exact) mass is 440 g/mol. The average Bonchev–Trinajstić information content (AvgIpc) is 2.80. The highest BCUT2D eigenvalue weighted by atomic mass is 35.5. The zero-order chi connectivity index (χ0) is 22.2. The number of rotatable bonds is 4. The van der Waals surface area contributed by atoms with E-state index in [9.17, 15) is 4.79 Å². The Kier molecular flexibility index (Phi) is 5.20. The van der Waals surface area contributed by atoms with Gasteiger partial charge in [0.2, 0.25) is 11.2 Å². The molecule has 3 nitrogen and oxygen atoms in total. The molecule has 4 heteroatoms. The molecule has 0 saturated heterocycles. The third kappa shape index (κ3) is 3.55. The highest BCUT2D eigenvalue weighted by Crippen LogP contribution is 2.36. The van der Waals surface area contributed by atoms with E-state index in [1.165, 1.54) is 0 Å². The molecule has 0 atom stereocenters. The zero-order valence-corrected chi connectivity index (χ0v) is 18.6. The van der Waals surface area contributed by atoms with Crippen molar-refractivity contribution in [1.82, 2.24) is 0 Å². The van der Waals surface area contributed by atoms with E-state index in [0.717, 1.165) is 27.5 Å². The summed E-state index contributed by atoms with van der Waals surface area (Å²) in [4.78, 5) is 13.6. The largest absolute Gasteiger partial charge is 0.481 e. The number of ether oxygens (including phenoxy) is 1. The first-order valence-electron chi connectivity index (χ1n) is 10.5. The normalized spacial score (nSPS) is 11.2. The summed E-state index contributed by atoms with van der Waals surface area (Å²) in [6.07, 6.45) is 0. The van der Waals surface area contributed by atoms with E-state index in [4.69, 9.17) is 20.8 Å². The van der Waals surface area contributed by atoms with E-state index in [0.29, 0.717) is 27.3 Å². The van der Waals surface area contributed by atoms with Crippen LogP contribution in [-0.4, -0.2) is 0 Å². The molecule has 0 spiro atoms. The summed E-state index contributed by atoms with van der Waals surface area (Å²) < 4.78 is 12.4. The maximum atomic E-state index is 13.6. The lowest BCUT2D eigenvalue weighted by Gasteiger charge is -2.14. The van der Waals surface area contributed by atoms with Gasteiger partial charge < -0.3 is 9.15 Å². The van der Waals surface area contributed by atoms with Crippen LogP contribution >= 0.6 is 11.6 Å². The first-order chi connectivity index (χ1) is 15.5. The average molecular weight is 441 g/mol. The summed E-state index contributed by atoms with van der Waals surface area (Å²) in [7, 11) is 0. The second kappa shape index (κ2) is 8.18. The molecule has 158 valence electrons. The van der Waals surface area contributed by atoms with Crippen LogP contribution in [0.4, 0.5) is 0 Å². The molecular formula is C28H21ClO3. The van der Waals surface area contributed by atoms with Crippen LogP contribution in [0, 0.1) is 13.8 Å². The van der Waals surface area contributed by atoms with Crippen LogP contribution < -0.4 is 10.2 Å². The third-order valence-corrected chi connectivity index (χ3v) is 6.17. The van der Waals surface area contributed by atoms with Crippen LogP contribution in [0.15, 0.2) is 88.1 Å². The van der Waals surface area contributed by atoms with Gasteiger partial charge in [-0.05, 0) is 65.6 Å². The maximum Gasteiger partial charge on any atom is 0.235 e. The summed E-state index contributed by atoms with van der Waals surface area (Å²) >= 11 is 6.47. The minimum absolute atomic E-state index is 0.168. The van der Waals surface area contributed by atoms with Gasteiger partial charge in [-0.1, -0.05) is 66.2 Å². The SMILES string of the molecule is Cc1cc2oc(-c3ccccc3Cl)c(OCc3cccc4ccccc34)c(=O)c2cc1C. The molecule has 0 aliphatic rings. The van der Waals surface area contributed by atoms with Gasteiger partial charge in [-0.15, -0.1) is 0 Å². The van der Waals surface area contributed by atoms with Crippen molar-refractivity contribution >= 4 is 33.3 Å². The van der Waals surface area contributed by atoms with E-state index in [1.807, 2.05) is 68.4 Å². The molecule has 0 saturated carbocycles. The summed E-state index contributed by atoms with van der Waals surface area (Å²) in [5.74, 6) is 0.512. The van der Waals surface area contributed by atoms with E-state index in [1.54, 1.807) is 6.07 Å². The van der Waals surface area contributed by atoms with Crippen molar-refractivity contribution < 1.29 is 9.15 Å². The molecule has 0 aliphatic carbocycles. The predicted octanol–water partition coefficient (Wildman–Crippen LogP) is 7.46. The summed E-state index contributed by atoms with van der Waals surface area (Å²) in [6, 6.07) is 25.2. The standard InChI is InChI=1S/C28H21ClO3/c1-17-14-23-25(15-18(17)2)32-27(22-12-5-6-13-24(22)29)28(26(23)30)31-16-20-10-7-9-19-8-3-4-11-21(19)20/h3-15H,16H2,1-2H3. The molecule has 0 bridgehead atoms. The molecule has 0 unspecified atom stereocenters. The Labute approximate surface area is 190 Å². The molecule has 1 heterocycles. The van der Waals surface area contributed by atoms with Crippen LogP contribution in [0.1, 0.15) is 16.7 Å². The number of halogens is 1. The fourth-order valence-corrected chi connectivity index (χ4v) is 4.18. The molecule has 0 amide bonds. The predicted molar refractivity (Wildman–Crippen MR) is 131 cm³/mol. The van der Waals surface area contributed by atoms with Crippen molar-refractivity contribution in [3.05, 3.63) is 111 Å². The first-order valence-corrected chi connectivity index (χ1v) is 10.8. The van der Waals surface area contributed by atoms with Crippen molar-refractivity contribution in [1.29, 1.82) is 0 Å². The van der Waals surface area contributed by atoms with E-state index in [2.05, 4.69) is 18.2 Å². The second-order valence-corrected chi connectivity index (χ2v) is 8.34. The van der Waals surface area contributed by atoms with Gasteiger partial charge in [0.05, 0.1) is 10.4 Å². The Bertz CT molecular complexity index is 1530. The van der Waals surface area contributed by atoms with E-state index < -0.39 is 0 Å². The number of fused-ring (bicyclic) bond motifs is 2. The van der Waals surface area contributed by atoms with Gasteiger partial charge in [-0.3, -0.25) is 4.79 Å². The molecule has 0 N–H and O–H groups in total. The number of hydrogen-bond acceptors (Lipinski definition) is 3. The van der Waals surface area contributed by atoms with Gasteiger partial charge >= 0.3 is 0 Å². The van der Waals surface area contributed by atoms with Crippen molar-refractivity contribution in [3.8, 4) is 17.1 Å². The minimum Gasteiger partial charge on any atom is -0.481 e. The molecule has 1 aromatic heterocycles. The molecule has 0 fully saturated rings. The minimum atomic E-state index is -0.204. The Hall–Kier alpha value is -3.56. The van der Waals surface area contributed by atoms with Crippen molar-refractivity contribution in [2.75, 3.05) is 0 Å². The molecule has 0 radical (unpaired) electrons. The number of hydrogen-bond donors (Lipinski definition) is 0. The van der Waals surface area contributed by atoms with Crippen LogP contribution in [0.3, 0.4) is 0 Å². The number of aryl methyl sites for hydroxylation is 2. The molecule has 32 heavy (non-hydrogen) atoms. The Morgan fingerprint density at radius 2 is 1.56 bits per heavy atom. The fourth-order valence-electron chi connectivity index (χ4n) is 3.96. The highest BCUT2D eigenvalue weighted by molar-refractivity contribution is 6.33. The lowest BCUT2D eigenvalue weighted by Crippen LogP contribution is -2.11. The first kappa shape index (κ1) is 20.3. The van der Waals surface area contributed by atoms with Gasteiger partial charge in [-0.2, -0.15) is 0 Å². The molecule has 5 aromatic rings. The summed E-state index contributed by atoms with van der Waals surface area (Å²) in [5.41, 5.74) is 4.01. The van der Waals surface area contributed by atoms with Gasteiger partial charge in [0, 0.05) is 5.56 Å². The number of benzene rings is 4. The fraction of sp³-hybridized carbons (Fsp3) is 0.107. The third-order valence-electron chi connectivity index (χ3n) is 5.84. The summed E-state index contributed by atoms with van der Waals surface area (Å²) in [6.45, 7) is 4.21. The maximum absolute atomic E-state index is 13.6. The Morgan fingerprint density at radius 3 is 2.41 bits per heavy atom. The molecule has 4 aromatic carbocycles. The van der Waals surface area contributed by atoms with Crippen LogP contribution in [0.5, 0.6) is 5.75 Å². The van der Waals surface area contributed by atoms with E-state index in [-0.39, 0.29) is 17.8 Å². The van der Waals surface area contributed by atoms with Crippen molar-refractivity contribution in [2.24, 2.45) is 0 Å². The van der Waals surface area contributed by atoms with Gasteiger partial charge in [0.25, 0.3) is 0 Å².